The predicted octanol–water partition coefficient (Wildman–Crippen LogP) is 2.72. The van der Waals surface area contributed by atoms with Gasteiger partial charge in [0.15, 0.2) is 0 Å². The fourth-order valence-corrected chi connectivity index (χ4v) is 4.11. The number of halogens is 1. The number of nitrogens with zero attached hydrogens (tertiary/aromatic N) is 1. The molecular weight excluding hydrogens is 272 g/mol. The van der Waals surface area contributed by atoms with Crippen LogP contribution in [0.15, 0.2) is 24.3 Å². The van der Waals surface area contributed by atoms with Gasteiger partial charge in [-0.2, -0.15) is 0 Å². The summed E-state index contributed by atoms with van der Waals surface area (Å²) >= 11 is 5.73. The van der Waals surface area contributed by atoms with Crippen molar-refractivity contribution < 1.29 is 4.79 Å². The maximum Gasteiger partial charge on any atom is 0.237 e. The van der Waals surface area contributed by atoms with E-state index in [2.05, 4.69) is 29.2 Å². The summed E-state index contributed by atoms with van der Waals surface area (Å²) < 4.78 is 0. The number of alkyl halides is 1. The third-order valence-electron chi connectivity index (χ3n) is 4.90. The lowest BCUT2D eigenvalue weighted by Gasteiger charge is -2.31. The maximum atomic E-state index is 11.9. The quantitative estimate of drug-likeness (QED) is 0.805. The van der Waals surface area contributed by atoms with Crippen molar-refractivity contribution in [3.63, 3.8) is 0 Å². The molecule has 20 heavy (non-hydrogen) atoms. The van der Waals surface area contributed by atoms with E-state index in [0.29, 0.717) is 12.0 Å². The molecule has 1 aromatic carbocycles. The second kappa shape index (κ2) is 4.52. The Hall–Kier alpha value is -1.48. The number of aromatic amines is 1. The minimum absolute atomic E-state index is 0.0822. The predicted molar refractivity (Wildman–Crippen MR) is 80.0 cm³/mol. The number of hydrogen-bond acceptors (Lipinski definition) is 1. The van der Waals surface area contributed by atoms with Gasteiger partial charge in [-0.15, -0.1) is 11.6 Å². The Balaban J connectivity index is 1.73. The van der Waals surface area contributed by atoms with Crippen molar-refractivity contribution in [3.8, 4) is 0 Å². The molecule has 0 saturated carbocycles. The standard InChI is InChI=1S/C16H17ClN2O/c17-9-16(20)19-6-5-10-7-12-11-3-1-2-4-13(11)18-14(12)8-15(10)19/h1-4,10,15,18H,5-9H2/t10-,15+/m1/s1. The Kier molecular flexibility index (Phi) is 2.77. The van der Waals surface area contributed by atoms with Gasteiger partial charge in [0, 0.05) is 35.6 Å². The Bertz CT molecular complexity index is 678. The SMILES string of the molecule is O=C(CCl)N1CC[C@@H]2Cc3c([nH]c4ccccc34)C[C@@H]21. The molecule has 1 saturated heterocycles. The van der Waals surface area contributed by atoms with Crippen molar-refractivity contribution >= 4 is 28.4 Å². The van der Waals surface area contributed by atoms with Crippen molar-refractivity contribution in [1.29, 1.82) is 0 Å². The Morgan fingerprint density at radius 3 is 3.05 bits per heavy atom. The van der Waals surface area contributed by atoms with E-state index in [0.717, 1.165) is 25.8 Å². The van der Waals surface area contributed by atoms with E-state index in [1.165, 1.54) is 22.2 Å². The molecule has 0 spiro atoms. The number of rotatable bonds is 1. The zero-order valence-corrected chi connectivity index (χ0v) is 12.0. The van der Waals surface area contributed by atoms with E-state index in [9.17, 15) is 4.79 Å². The van der Waals surface area contributed by atoms with Gasteiger partial charge in [-0.3, -0.25) is 4.79 Å². The summed E-state index contributed by atoms with van der Waals surface area (Å²) in [6.07, 6.45) is 3.12. The van der Waals surface area contributed by atoms with E-state index in [1.54, 1.807) is 0 Å². The molecule has 1 N–H and O–H groups in total. The van der Waals surface area contributed by atoms with Gasteiger partial charge in [-0.25, -0.2) is 0 Å². The van der Waals surface area contributed by atoms with Crippen LogP contribution in [0.4, 0.5) is 0 Å². The van der Waals surface area contributed by atoms with Crippen LogP contribution in [0.3, 0.4) is 0 Å². The molecule has 4 rings (SSSR count). The number of nitrogens with one attached hydrogen (secondary N) is 1. The number of para-hydroxylation sites is 1. The zero-order valence-electron chi connectivity index (χ0n) is 11.2. The van der Waals surface area contributed by atoms with Crippen LogP contribution in [-0.4, -0.2) is 34.3 Å². The third kappa shape index (κ3) is 1.69. The highest BCUT2D eigenvalue weighted by atomic mass is 35.5. The lowest BCUT2D eigenvalue weighted by Crippen LogP contribution is -2.42. The van der Waals surface area contributed by atoms with Gasteiger partial charge in [-0.1, -0.05) is 18.2 Å². The lowest BCUT2D eigenvalue weighted by molar-refractivity contribution is -0.129. The molecule has 104 valence electrons. The molecule has 3 nitrogen and oxygen atoms in total. The van der Waals surface area contributed by atoms with Crippen LogP contribution in [0, 0.1) is 5.92 Å². The highest BCUT2D eigenvalue weighted by Crippen LogP contribution is 2.38. The van der Waals surface area contributed by atoms with Crippen molar-refractivity contribution in [3.05, 3.63) is 35.5 Å². The number of carbonyl (C=O) groups is 1. The van der Waals surface area contributed by atoms with Crippen molar-refractivity contribution in [2.24, 2.45) is 5.92 Å². The molecule has 2 atom stereocenters. The number of fused-ring (bicyclic) bond motifs is 4. The molecule has 2 aromatic rings. The van der Waals surface area contributed by atoms with Crippen molar-refractivity contribution in [1.82, 2.24) is 9.88 Å². The highest BCUT2D eigenvalue weighted by molar-refractivity contribution is 6.27. The van der Waals surface area contributed by atoms with Gasteiger partial charge in [0.25, 0.3) is 0 Å². The van der Waals surface area contributed by atoms with E-state index in [-0.39, 0.29) is 11.8 Å². The van der Waals surface area contributed by atoms with Crippen LogP contribution in [0.2, 0.25) is 0 Å². The summed E-state index contributed by atoms with van der Waals surface area (Å²) in [5.74, 6) is 0.774. The van der Waals surface area contributed by atoms with Gasteiger partial charge in [-0.05, 0) is 30.4 Å². The van der Waals surface area contributed by atoms with Crippen LogP contribution in [0.5, 0.6) is 0 Å². The summed E-state index contributed by atoms with van der Waals surface area (Å²) in [6.45, 7) is 0.864. The van der Waals surface area contributed by atoms with E-state index < -0.39 is 0 Å². The van der Waals surface area contributed by atoms with Crippen molar-refractivity contribution in [2.75, 3.05) is 12.4 Å². The smallest absolute Gasteiger partial charge is 0.237 e. The van der Waals surface area contributed by atoms with E-state index in [1.807, 2.05) is 4.90 Å². The summed E-state index contributed by atoms with van der Waals surface area (Å²) in [6, 6.07) is 8.82. The normalized spacial score (nSPS) is 24.8. The molecular formula is C16H17ClN2O. The summed E-state index contributed by atoms with van der Waals surface area (Å²) in [7, 11) is 0. The molecule has 4 heteroatoms. The number of aromatic nitrogens is 1. The van der Waals surface area contributed by atoms with E-state index >= 15 is 0 Å². The molecule has 0 unspecified atom stereocenters. The molecule has 1 aliphatic carbocycles. The molecule has 2 aliphatic rings. The van der Waals surface area contributed by atoms with Gasteiger partial charge in [0.1, 0.15) is 5.88 Å². The fraction of sp³-hybridized carbons (Fsp3) is 0.438. The first-order valence-corrected chi connectivity index (χ1v) is 7.75. The molecule has 1 aliphatic heterocycles. The molecule has 1 aromatic heterocycles. The average Bonchev–Trinajstić information content (AvgIpc) is 3.04. The minimum Gasteiger partial charge on any atom is -0.358 e. The number of hydrogen-bond donors (Lipinski definition) is 1. The first kappa shape index (κ1) is 12.3. The zero-order chi connectivity index (χ0) is 13.7. The number of H-pyrrole nitrogens is 1. The molecule has 1 amide bonds. The van der Waals surface area contributed by atoms with E-state index in [4.69, 9.17) is 11.6 Å². The summed E-state index contributed by atoms with van der Waals surface area (Å²) in [5.41, 5.74) is 3.98. The summed E-state index contributed by atoms with van der Waals surface area (Å²) in [4.78, 5) is 17.5. The van der Waals surface area contributed by atoms with Gasteiger partial charge in [0.2, 0.25) is 5.91 Å². The molecule has 2 heterocycles. The molecule has 0 radical (unpaired) electrons. The van der Waals surface area contributed by atoms with Crippen LogP contribution in [0.1, 0.15) is 17.7 Å². The Labute approximate surface area is 122 Å². The topological polar surface area (TPSA) is 36.1 Å². The Morgan fingerprint density at radius 2 is 2.20 bits per heavy atom. The molecule has 0 bridgehead atoms. The summed E-state index contributed by atoms with van der Waals surface area (Å²) in [5, 5.41) is 1.35. The monoisotopic (exact) mass is 288 g/mol. The van der Waals surface area contributed by atoms with Crippen LogP contribution < -0.4 is 0 Å². The Morgan fingerprint density at radius 1 is 1.35 bits per heavy atom. The van der Waals surface area contributed by atoms with Crippen LogP contribution in [-0.2, 0) is 17.6 Å². The first-order chi connectivity index (χ1) is 9.78. The molecule has 1 fully saturated rings. The van der Waals surface area contributed by atoms with Gasteiger partial charge in [0.05, 0.1) is 0 Å². The largest absolute Gasteiger partial charge is 0.358 e. The second-order valence-corrected chi connectivity index (χ2v) is 6.14. The highest BCUT2D eigenvalue weighted by Gasteiger charge is 2.40. The number of benzene rings is 1. The second-order valence-electron chi connectivity index (χ2n) is 5.87. The van der Waals surface area contributed by atoms with Gasteiger partial charge < -0.3 is 9.88 Å². The number of likely N-dealkylation sites (tertiary alicyclic amines) is 1. The van der Waals surface area contributed by atoms with Gasteiger partial charge >= 0.3 is 0 Å². The number of amides is 1. The average molecular weight is 289 g/mol. The maximum absolute atomic E-state index is 11.9. The van der Waals surface area contributed by atoms with Crippen LogP contribution >= 0.6 is 11.6 Å². The fourth-order valence-electron chi connectivity index (χ4n) is 3.95. The van der Waals surface area contributed by atoms with Crippen molar-refractivity contribution in [2.45, 2.75) is 25.3 Å². The third-order valence-corrected chi connectivity index (χ3v) is 5.13. The first-order valence-electron chi connectivity index (χ1n) is 7.22. The van der Waals surface area contributed by atoms with Crippen LogP contribution in [0.25, 0.3) is 10.9 Å². The minimum atomic E-state index is 0.0822. The number of carbonyl (C=O) groups excluding carboxylic acids is 1. The lowest BCUT2D eigenvalue weighted by atomic mass is 9.83.